The van der Waals surface area contributed by atoms with Gasteiger partial charge < -0.3 is 14.4 Å². The predicted octanol–water partition coefficient (Wildman–Crippen LogP) is 21.8. The molecule has 0 atom stereocenters. The van der Waals surface area contributed by atoms with E-state index in [0.717, 1.165) is 68.4 Å². The molecule has 0 aliphatic rings. The molecule has 0 spiro atoms. The Morgan fingerprint density at radius 3 is 1.14 bits per heavy atom. The second-order valence-corrected chi connectivity index (χ2v) is 20.9. The van der Waals surface area contributed by atoms with Crippen LogP contribution in [-0.2, 0) is 6.42 Å². The molecule has 0 aliphatic carbocycles. The van der Waals surface area contributed by atoms with E-state index >= 15 is 0 Å². The quantitative estimate of drug-likeness (QED) is 0.114. The van der Waals surface area contributed by atoms with Crippen LogP contribution < -0.4 is 9.80 Å². The summed E-state index contributed by atoms with van der Waals surface area (Å²) in [7, 11) is 0. The second kappa shape index (κ2) is 21.5. The summed E-state index contributed by atoms with van der Waals surface area (Å²) in [5.41, 5.74) is 25.0. The number of benzene rings is 12. The van der Waals surface area contributed by atoms with Crippen molar-refractivity contribution in [1.29, 1.82) is 0 Å². The van der Waals surface area contributed by atoms with Gasteiger partial charge in [-0.1, -0.05) is 194 Å². The first kappa shape index (κ1) is 49.6. The average Bonchev–Trinajstić information content (AvgIpc) is 4.05. The lowest BCUT2D eigenvalue weighted by atomic mass is 9.82. The molecular weight excluding hydrogens is 967 g/mol. The Hall–Kier alpha value is -9.96. The van der Waals surface area contributed by atoms with Crippen molar-refractivity contribution in [2.24, 2.45) is 0 Å². The van der Waals surface area contributed by atoms with Crippen LogP contribution in [0.4, 0.5) is 34.1 Å². The van der Waals surface area contributed by atoms with Crippen LogP contribution in [0, 0.1) is 13.8 Å². The molecule has 3 heteroatoms. The van der Waals surface area contributed by atoms with Crippen LogP contribution in [0.1, 0.15) is 36.1 Å². The van der Waals surface area contributed by atoms with Crippen LogP contribution in [0.2, 0.25) is 0 Å². The van der Waals surface area contributed by atoms with Gasteiger partial charge in [-0.05, 0) is 203 Å². The third kappa shape index (κ3) is 9.23. The third-order valence-electron chi connectivity index (χ3n) is 15.8. The van der Waals surface area contributed by atoms with Gasteiger partial charge in [0, 0.05) is 50.6 Å². The minimum atomic E-state index is 0.915. The van der Waals surface area contributed by atoms with Crippen molar-refractivity contribution in [1.82, 2.24) is 4.57 Å². The Bertz CT molecular complexity index is 4160. The largest absolute Gasteiger partial charge is 0.311 e. The summed E-state index contributed by atoms with van der Waals surface area (Å²) in [6, 6.07) is 100. The molecule has 3 nitrogen and oxygen atoms in total. The van der Waals surface area contributed by atoms with Crippen molar-refractivity contribution < 1.29 is 0 Å². The summed E-state index contributed by atoms with van der Waals surface area (Å²) in [6.07, 6.45) is 5.42. The van der Waals surface area contributed by atoms with Crippen molar-refractivity contribution in [2.45, 2.75) is 34.1 Å². The molecule has 0 fully saturated rings. The lowest BCUT2D eigenvalue weighted by molar-refractivity contribution is 1.14. The molecule has 0 saturated heterocycles. The van der Waals surface area contributed by atoms with Crippen LogP contribution >= 0.6 is 0 Å². The van der Waals surface area contributed by atoms with Gasteiger partial charge in [-0.15, -0.1) is 0 Å². The molecule has 384 valence electrons. The molecule has 0 unspecified atom stereocenters. The van der Waals surface area contributed by atoms with Gasteiger partial charge in [0.1, 0.15) is 0 Å². The highest BCUT2D eigenvalue weighted by molar-refractivity contribution is 6.13. The predicted molar refractivity (Wildman–Crippen MR) is 343 cm³/mol. The van der Waals surface area contributed by atoms with E-state index in [1.54, 1.807) is 0 Å². The number of hydrogen-bond donors (Lipinski definition) is 0. The van der Waals surface area contributed by atoms with Gasteiger partial charge in [-0.25, -0.2) is 0 Å². The molecule has 0 aliphatic heterocycles. The zero-order valence-corrected chi connectivity index (χ0v) is 45.7. The van der Waals surface area contributed by atoms with Gasteiger partial charge >= 0.3 is 0 Å². The van der Waals surface area contributed by atoms with Gasteiger partial charge in [0.2, 0.25) is 0 Å². The molecule has 13 aromatic rings. The first-order valence-electron chi connectivity index (χ1n) is 27.9. The van der Waals surface area contributed by atoms with Crippen LogP contribution in [0.25, 0.3) is 88.8 Å². The summed E-state index contributed by atoms with van der Waals surface area (Å²) in [5, 5.41) is 4.94. The van der Waals surface area contributed by atoms with Crippen molar-refractivity contribution in [3.8, 4) is 50.2 Å². The van der Waals surface area contributed by atoms with Crippen LogP contribution in [0.5, 0.6) is 0 Å². The summed E-state index contributed by atoms with van der Waals surface area (Å²) >= 11 is 0. The van der Waals surface area contributed by atoms with Crippen LogP contribution in [0.3, 0.4) is 0 Å². The Balaban J connectivity index is 0.935. The van der Waals surface area contributed by atoms with E-state index in [9.17, 15) is 0 Å². The Morgan fingerprint density at radius 1 is 0.338 bits per heavy atom. The molecule has 1 aromatic heterocycles. The highest BCUT2D eigenvalue weighted by Gasteiger charge is 2.22. The summed E-state index contributed by atoms with van der Waals surface area (Å²) in [5.74, 6) is 0. The minimum Gasteiger partial charge on any atom is -0.311 e. The molecule has 13 rings (SSSR count). The average molecular weight is 1030 g/mol. The molecular formula is C77H61N3. The van der Waals surface area contributed by atoms with Gasteiger partial charge in [-0.3, -0.25) is 0 Å². The van der Waals surface area contributed by atoms with E-state index < -0.39 is 0 Å². The first-order valence-corrected chi connectivity index (χ1v) is 27.9. The summed E-state index contributed by atoms with van der Waals surface area (Å²) < 4.78 is 2.45. The minimum absolute atomic E-state index is 0.915. The maximum atomic E-state index is 2.45. The monoisotopic (exact) mass is 1030 g/mol. The van der Waals surface area contributed by atoms with Crippen molar-refractivity contribution >= 4 is 72.8 Å². The number of aryl methyl sites for hydroxylation is 2. The lowest BCUT2D eigenvalue weighted by Crippen LogP contribution is -2.09. The summed E-state index contributed by atoms with van der Waals surface area (Å²) in [6.45, 7) is 8.69. The SMILES string of the molecule is C/C=C\c1c(CC)c(-c2ccccc2)c2ccccc2c1-c1ccc(-n2c3ccc(-c4ccc(N(c5ccccc5)c5ccc(C)cc5)cc4)cc3c3cc(-c4ccc(N(c5ccccc5)c5ccc(C)cc5)cc4)ccc32)cc1. The van der Waals surface area contributed by atoms with Gasteiger partial charge in [0.05, 0.1) is 11.0 Å². The Kier molecular flexibility index (Phi) is 13.3. The maximum Gasteiger partial charge on any atom is 0.0541 e. The second-order valence-electron chi connectivity index (χ2n) is 20.9. The molecule has 1 heterocycles. The number of fused-ring (bicyclic) bond motifs is 4. The fraction of sp³-hybridized carbons (Fsp3) is 0.0649. The molecule has 0 radical (unpaired) electrons. The van der Waals surface area contributed by atoms with E-state index in [2.05, 4.69) is 327 Å². The number of para-hydroxylation sites is 2. The van der Waals surface area contributed by atoms with Crippen molar-refractivity contribution in [3.05, 3.63) is 301 Å². The van der Waals surface area contributed by atoms with Gasteiger partial charge in [-0.2, -0.15) is 0 Å². The smallest absolute Gasteiger partial charge is 0.0541 e. The topological polar surface area (TPSA) is 11.4 Å². The zero-order valence-electron chi connectivity index (χ0n) is 45.7. The highest BCUT2D eigenvalue weighted by atomic mass is 15.1. The van der Waals surface area contributed by atoms with E-state index in [1.807, 2.05) is 0 Å². The molecule has 12 aromatic carbocycles. The molecule has 0 amide bonds. The lowest BCUT2D eigenvalue weighted by Gasteiger charge is -2.25. The number of anilines is 6. The highest BCUT2D eigenvalue weighted by Crippen LogP contribution is 2.45. The molecule has 0 N–H and O–H groups in total. The van der Waals surface area contributed by atoms with Crippen molar-refractivity contribution in [3.63, 3.8) is 0 Å². The molecule has 80 heavy (non-hydrogen) atoms. The third-order valence-corrected chi connectivity index (χ3v) is 15.8. The molecule has 0 bridgehead atoms. The molecule has 0 saturated carbocycles. The first-order chi connectivity index (χ1) is 39.4. The number of allylic oxidation sites excluding steroid dienone is 1. The van der Waals surface area contributed by atoms with E-state index in [1.165, 1.54) is 77.2 Å². The van der Waals surface area contributed by atoms with E-state index in [4.69, 9.17) is 0 Å². The Morgan fingerprint density at radius 2 is 0.700 bits per heavy atom. The van der Waals surface area contributed by atoms with Crippen LogP contribution in [-0.4, -0.2) is 4.57 Å². The standard InChI is InChI=1S/C77H61N3/c1-5-18-69-68(6-2)76(57-19-10-7-11-20-57)70-25-16-17-26-71(70)77(69)58-35-47-67(48-36-58)80-74-49-37-59(55-31-43-65(44-32-55)78(61-21-12-8-13-22-61)63-39-27-53(3)28-40-63)51-72(74)73-52-60(38-50-75(73)80)56-33-45-66(46-34-56)79(62-23-14-9-15-24-62)64-41-29-54(4)30-42-64/h5,7-52H,6H2,1-4H3/b18-5-. The van der Waals surface area contributed by atoms with E-state index in [-0.39, 0.29) is 0 Å². The summed E-state index contributed by atoms with van der Waals surface area (Å²) in [4.78, 5) is 4.65. The number of nitrogens with zero attached hydrogens (tertiary/aromatic N) is 3. The fourth-order valence-electron chi connectivity index (χ4n) is 12.0. The van der Waals surface area contributed by atoms with Crippen molar-refractivity contribution in [2.75, 3.05) is 9.80 Å². The number of rotatable bonds is 13. The van der Waals surface area contributed by atoms with Gasteiger partial charge in [0.25, 0.3) is 0 Å². The maximum absolute atomic E-state index is 2.45. The number of hydrogen-bond acceptors (Lipinski definition) is 2. The normalized spacial score (nSPS) is 11.5. The van der Waals surface area contributed by atoms with E-state index in [0.29, 0.717) is 0 Å². The fourth-order valence-corrected chi connectivity index (χ4v) is 12.0. The van der Waals surface area contributed by atoms with Crippen LogP contribution in [0.15, 0.2) is 279 Å². The van der Waals surface area contributed by atoms with Gasteiger partial charge in [0.15, 0.2) is 0 Å². The zero-order chi connectivity index (χ0) is 54.1. The Labute approximate surface area is 470 Å². The number of aromatic nitrogens is 1.